The molecule has 0 unspecified atom stereocenters. The van der Waals surface area contributed by atoms with E-state index in [-0.39, 0.29) is 10.7 Å². The van der Waals surface area contributed by atoms with Gasteiger partial charge in [-0.2, -0.15) is 5.10 Å². The molecule has 0 bridgehead atoms. The van der Waals surface area contributed by atoms with Crippen LogP contribution in [-0.4, -0.2) is 18.6 Å². The van der Waals surface area contributed by atoms with Gasteiger partial charge in [0, 0.05) is 8.04 Å². The number of rotatable bonds is 3. The lowest BCUT2D eigenvalue weighted by molar-refractivity contribution is 0.601. The van der Waals surface area contributed by atoms with Crippen molar-refractivity contribution >= 4 is 60.0 Å². The minimum absolute atomic E-state index is 0.00394. The zero-order valence-electron chi connectivity index (χ0n) is 8.81. The van der Waals surface area contributed by atoms with Gasteiger partial charge in [0.1, 0.15) is 10.7 Å². The first-order valence-corrected chi connectivity index (χ1v) is 8.02. The molecule has 0 spiro atoms. The van der Waals surface area contributed by atoms with E-state index in [2.05, 4.69) is 53.4 Å². The van der Waals surface area contributed by atoms with Crippen LogP contribution in [0.4, 0.5) is 11.5 Å². The minimum Gasteiger partial charge on any atom is -0.383 e. The van der Waals surface area contributed by atoms with Crippen LogP contribution in [0.2, 0.25) is 0 Å². The van der Waals surface area contributed by atoms with Crippen LogP contribution >= 0.6 is 38.5 Å². The maximum absolute atomic E-state index is 12.1. The van der Waals surface area contributed by atoms with E-state index in [0.717, 1.165) is 3.57 Å². The van der Waals surface area contributed by atoms with E-state index >= 15 is 0 Å². The summed E-state index contributed by atoms with van der Waals surface area (Å²) >= 11 is 5.37. The van der Waals surface area contributed by atoms with E-state index in [1.54, 1.807) is 12.1 Å². The SMILES string of the molecule is Nc1[nH]ncc1S(=O)(=O)Nc1cc(I)ccc1Br. The molecule has 1 aromatic heterocycles. The van der Waals surface area contributed by atoms with Gasteiger partial charge >= 0.3 is 0 Å². The average molecular weight is 443 g/mol. The molecule has 96 valence electrons. The van der Waals surface area contributed by atoms with Crippen molar-refractivity contribution in [3.05, 3.63) is 32.4 Å². The summed E-state index contributed by atoms with van der Waals surface area (Å²) in [6, 6.07) is 5.32. The molecule has 1 heterocycles. The maximum atomic E-state index is 12.1. The smallest absolute Gasteiger partial charge is 0.267 e. The van der Waals surface area contributed by atoms with Crippen LogP contribution in [0.15, 0.2) is 33.8 Å². The number of nitrogen functional groups attached to an aromatic ring is 1. The highest BCUT2D eigenvalue weighted by molar-refractivity contribution is 14.1. The monoisotopic (exact) mass is 442 g/mol. The third kappa shape index (κ3) is 2.78. The van der Waals surface area contributed by atoms with Gasteiger partial charge in [0.2, 0.25) is 0 Å². The lowest BCUT2D eigenvalue weighted by Gasteiger charge is -2.09. The predicted molar refractivity (Wildman–Crippen MR) is 80.7 cm³/mol. The van der Waals surface area contributed by atoms with Gasteiger partial charge in [-0.1, -0.05) is 0 Å². The normalized spacial score (nSPS) is 11.4. The topological polar surface area (TPSA) is 101 Å². The molecule has 6 nitrogen and oxygen atoms in total. The molecular weight excluding hydrogens is 435 g/mol. The van der Waals surface area contributed by atoms with Crippen molar-refractivity contribution in [3.8, 4) is 0 Å². The first-order valence-electron chi connectivity index (χ1n) is 4.67. The Kier molecular flexibility index (Phi) is 3.82. The van der Waals surface area contributed by atoms with E-state index in [1.807, 2.05) is 6.07 Å². The van der Waals surface area contributed by atoms with Gasteiger partial charge in [0.15, 0.2) is 0 Å². The van der Waals surface area contributed by atoms with Crippen LogP contribution in [0.5, 0.6) is 0 Å². The number of nitrogens with zero attached hydrogens (tertiary/aromatic N) is 1. The molecule has 0 aliphatic rings. The molecule has 0 saturated carbocycles. The van der Waals surface area contributed by atoms with Crippen LogP contribution in [0.1, 0.15) is 0 Å². The summed E-state index contributed by atoms with van der Waals surface area (Å²) in [5.74, 6) is 0.00394. The van der Waals surface area contributed by atoms with Gasteiger partial charge in [-0.15, -0.1) is 0 Å². The van der Waals surface area contributed by atoms with Crippen molar-refractivity contribution in [1.82, 2.24) is 10.2 Å². The zero-order valence-corrected chi connectivity index (χ0v) is 13.4. The van der Waals surface area contributed by atoms with Crippen molar-refractivity contribution < 1.29 is 8.42 Å². The van der Waals surface area contributed by atoms with Gasteiger partial charge in [-0.25, -0.2) is 8.42 Å². The highest BCUT2D eigenvalue weighted by atomic mass is 127. The van der Waals surface area contributed by atoms with Gasteiger partial charge in [-0.05, 0) is 56.7 Å². The number of H-pyrrole nitrogens is 1. The molecule has 4 N–H and O–H groups in total. The second-order valence-corrected chi connectivity index (χ2v) is 7.13. The van der Waals surface area contributed by atoms with E-state index < -0.39 is 10.0 Å². The van der Waals surface area contributed by atoms with Crippen molar-refractivity contribution in [2.75, 3.05) is 10.5 Å². The standard InChI is InChI=1S/C9H8BrIN4O2S/c10-6-2-1-5(11)3-7(6)15-18(16,17)8-4-13-14-9(8)12/h1-4,15H,(H3,12,13,14). The molecule has 1 aromatic carbocycles. The zero-order chi connectivity index (χ0) is 13.3. The lowest BCUT2D eigenvalue weighted by Crippen LogP contribution is -2.14. The number of anilines is 2. The fourth-order valence-electron chi connectivity index (χ4n) is 1.27. The Morgan fingerprint density at radius 2 is 2.17 bits per heavy atom. The van der Waals surface area contributed by atoms with E-state index in [0.29, 0.717) is 10.2 Å². The lowest BCUT2D eigenvalue weighted by atomic mass is 10.3. The van der Waals surface area contributed by atoms with Gasteiger partial charge in [0.05, 0.1) is 11.9 Å². The van der Waals surface area contributed by atoms with Crippen molar-refractivity contribution in [2.24, 2.45) is 0 Å². The number of sulfonamides is 1. The fraction of sp³-hybridized carbons (Fsp3) is 0. The summed E-state index contributed by atoms with van der Waals surface area (Å²) in [7, 11) is -3.74. The Bertz CT molecular complexity index is 686. The summed E-state index contributed by atoms with van der Waals surface area (Å²) in [5.41, 5.74) is 5.94. The number of hydrogen-bond donors (Lipinski definition) is 3. The van der Waals surface area contributed by atoms with Crippen molar-refractivity contribution in [1.29, 1.82) is 0 Å². The van der Waals surface area contributed by atoms with Gasteiger partial charge in [-0.3, -0.25) is 9.82 Å². The van der Waals surface area contributed by atoms with E-state index in [4.69, 9.17) is 5.73 Å². The summed E-state index contributed by atoms with van der Waals surface area (Å²) < 4.78 is 28.2. The molecule has 2 rings (SSSR count). The molecule has 0 fully saturated rings. The molecule has 9 heteroatoms. The van der Waals surface area contributed by atoms with Crippen molar-refractivity contribution in [3.63, 3.8) is 0 Å². The largest absolute Gasteiger partial charge is 0.383 e. The van der Waals surface area contributed by atoms with Crippen LogP contribution < -0.4 is 10.5 Å². The molecular formula is C9H8BrIN4O2S. The molecule has 0 aliphatic heterocycles. The molecule has 0 atom stereocenters. The average Bonchev–Trinajstić information content (AvgIpc) is 2.70. The Morgan fingerprint density at radius 3 is 2.78 bits per heavy atom. The molecule has 2 aromatic rings. The Labute approximate surface area is 126 Å². The number of aromatic amines is 1. The maximum Gasteiger partial charge on any atom is 0.267 e. The van der Waals surface area contributed by atoms with Crippen LogP contribution in [0.3, 0.4) is 0 Å². The highest BCUT2D eigenvalue weighted by Crippen LogP contribution is 2.27. The quantitative estimate of drug-likeness (QED) is 0.634. The molecule has 0 saturated heterocycles. The van der Waals surface area contributed by atoms with Crippen LogP contribution in [-0.2, 0) is 10.0 Å². The number of nitrogens with two attached hydrogens (primary N) is 1. The predicted octanol–water partition coefficient (Wildman–Crippen LogP) is 2.16. The number of hydrogen-bond acceptors (Lipinski definition) is 4. The summed E-state index contributed by atoms with van der Waals surface area (Å²) in [6.45, 7) is 0. The second-order valence-electron chi connectivity index (χ2n) is 3.38. The summed E-state index contributed by atoms with van der Waals surface area (Å²) in [4.78, 5) is -0.0757. The third-order valence-electron chi connectivity index (χ3n) is 2.09. The molecule has 18 heavy (non-hydrogen) atoms. The van der Waals surface area contributed by atoms with Crippen LogP contribution in [0.25, 0.3) is 0 Å². The van der Waals surface area contributed by atoms with E-state index in [9.17, 15) is 8.42 Å². The Hall–Kier alpha value is -0.810. The van der Waals surface area contributed by atoms with E-state index in [1.165, 1.54) is 6.20 Å². The fourth-order valence-corrected chi connectivity index (χ4v) is 3.34. The molecule has 0 aliphatic carbocycles. The van der Waals surface area contributed by atoms with Gasteiger partial charge < -0.3 is 5.73 Å². The first-order chi connectivity index (χ1) is 8.40. The summed E-state index contributed by atoms with van der Waals surface area (Å²) in [6.07, 6.45) is 1.17. The third-order valence-corrected chi connectivity index (χ3v) is 4.85. The molecule has 0 amide bonds. The summed E-state index contributed by atoms with van der Waals surface area (Å²) in [5, 5.41) is 5.97. The minimum atomic E-state index is -3.74. The number of nitrogens with one attached hydrogen (secondary N) is 2. The van der Waals surface area contributed by atoms with Crippen molar-refractivity contribution in [2.45, 2.75) is 4.90 Å². The highest BCUT2D eigenvalue weighted by Gasteiger charge is 2.20. The van der Waals surface area contributed by atoms with Crippen LogP contribution in [0, 0.1) is 3.57 Å². The molecule has 0 radical (unpaired) electrons. The Morgan fingerprint density at radius 1 is 1.44 bits per heavy atom. The second kappa shape index (κ2) is 5.05. The number of halogens is 2. The number of aromatic nitrogens is 2. The number of benzene rings is 1. The first kappa shape index (κ1) is 13.6. The Balaban J connectivity index is 2.40. The van der Waals surface area contributed by atoms with Gasteiger partial charge in [0.25, 0.3) is 10.0 Å².